The normalized spacial score (nSPS) is 15.3. The first kappa shape index (κ1) is 24.3. The smallest absolute Gasteiger partial charge is 0.357 e. The van der Waals surface area contributed by atoms with Crippen LogP contribution in [0, 0.1) is 5.92 Å². The van der Waals surface area contributed by atoms with Crippen molar-refractivity contribution in [3.05, 3.63) is 58.7 Å². The lowest BCUT2D eigenvalue weighted by molar-refractivity contribution is -0.137. The fraction of sp³-hybridized carbons (Fsp3) is 0.478. The number of nitrogens with zero attached hydrogens (tertiary/aromatic N) is 4. The number of hydrogen-bond acceptors (Lipinski definition) is 4. The van der Waals surface area contributed by atoms with Gasteiger partial charge in [-0.3, -0.25) is 4.79 Å². The number of carbonyl (C=O) groups is 1. The monoisotopic (exact) mass is 468 g/mol. The molecule has 0 bridgehead atoms. The van der Waals surface area contributed by atoms with Crippen molar-refractivity contribution in [1.29, 1.82) is 0 Å². The van der Waals surface area contributed by atoms with Gasteiger partial charge in [-0.25, -0.2) is 4.98 Å². The van der Waals surface area contributed by atoms with E-state index in [0.29, 0.717) is 49.6 Å². The molecule has 0 saturated carbocycles. The van der Waals surface area contributed by atoms with Crippen LogP contribution in [-0.2, 0) is 17.5 Å². The topological polar surface area (TPSA) is 39.7 Å². The third-order valence-electron chi connectivity index (χ3n) is 5.64. The highest BCUT2D eigenvalue weighted by Crippen LogP contribution is 2.30. The molecule has 0 atom stereocenters. The molecule has 1 fully saturated rings. The summed E-state index contributed by atoms with van der Waals surface area (Å²) in [5.74, 6) is 0.660. The van der Waals surface area contributed by atoms with Crippen LogP contribution in [0.3, 0.4) is 0 Å². The number of piperidine rings is 1. The average Bonchev–Trinajstić information content (AvgIpc) is 2.76. The molecule has 1 aliphatic rings. The first-order valence-electron chi connectivity index (χ1n) is 10.6. The fourth-order valence-electron chi connectivity index (χ4n) is 3.82. The minimum absolute atomic E-state index is 0.00650. The summed E-state index contributed by atoms with van der Waals surface area (Å²) in [5, 5.41) is 0.574. The third-order valence-corrected chi connectivity index (χ3v) is 5.86. The zero-order chi connectivity index (χ0) is 23.3. The van der Waals surface area contributed by atoms with Crippen molar-refractivity contribution in [2.24, 2.45) is 5.92 Å². The van der Waals surface area contributed by atoms with Crippen molar-refractivity contribution >= 4 is 23.3 Å². The van der Waals surface area contributed by atoms with Crippen molar-refractivity contribution in [2.75, 3.05) is 45.2 Å². The molecule has 0 N–H and O–H groups in total. The van der Waals surface area contributed by atoms with E-state index in [2.05, 4.69) is 9.88 Å². The van der Waals surface area contributed by atoms with Crippen LogP contribution >= 0.6 is 11.6 Å². The molecule has 1 amide bonds. The molecular weight excluding hydrogens is 441 g/mol. The Morgan fingerprint density at radius 2 is 1.88 bits per heavy atom. The van der Waals surface area contributed by atoms with E-state index in [4.69, 9.17) is 11.6 Å². The van der Waals surface area contributed by atoms with Crippen LogP contribution in [0.25, 0.3) is 0 Å². The van der Waals surface area contributed by atoms with E-state index in [0.717, 1.165) is 18.0 Å². The second-order valence-corrected chi connectivity index (χ2v) is 8.79. The predicted octanol–water partition coefficient (Wildman–Crippen LogP) is 4.56. The lowest BCUT2D eigenvalue weighted by Gasteiger charge is -2.35. The van der Waals surface area contributed by atoms with Crippen LogP contribution in [0.4, 0.5) is 19.0 Å². The van der Waals surface area contributed by atoms with Gasteiger partial charge in [0.05, 0.1) is 10.6 Å². The van der Waals surface area contributed by atoms with E-state index >= 15 is 0 Å². The highest BCUT2D eigenvalue weighted by Gasteiger charge is 2.32. The van der Waals surface area contributed by atoms with Crippen molar-refractivity contribution in [3.63, 3.8) is 0 Å². The van der Waals surface area contributed by atoms with Crippen molar-refractivity contribution < 1.29 is 18.0 Å². The molecule has 5 nitrogen and oxygen atoms in total. The van der Waals surface area contributed by atoms with Crippen LogP contribution in [0.15, 0.2) is 42.6 Å². The number of rotatable bonds is 7. The number of hydrogen-bond donors (Lipinski definition) is 0. The number of likely N-dealkylation sites (N-methyl/N-ethyl adjacent to an activating group) is 1. The van der Waals surface area contributed by atoms with Crippen molar-refractivity contribution in [3.8, 4) is 0 Å². The maximum absolute atomic E-state index is 13.3. The van der Waals surface area contributed by atoms with Crippen LogP contribution < -0.4 is 4.90 Å². The molecule has 0 radical (unpaired) electrons. The molecule has 2 aromatic rings. The number of benzene rings is 1. The Labute approximate surface area is 191 Å². The van der Waals surface area contributed by atoms with Crippen molar-refractivity contribution in [1.82, 2.24) is 14.8 Å². The Morgan fingerprint density at radius 3 is 2.47 bits per heavy atom. The Kier molecular flexibility index (Phi) is 8.00. The molecule has 1 aliphatic heterocycles. The highest BCUT2D eigenvalue weighted by molar-refractivity contribution is 6.30. The summed E-state index contributed by atoms with van der Waals surface area (Å²) in [6, 6.07) is 8.87. The van der Waals surface area contributed by atoms with Gasteiger partial charge in [-0.05, 0) is 56.8 Å². The molecule has 3 rings (SSSR count). The lowest BCUT2D eigenvalue weighted by Crippen LogP contribution is -2.44. The maximum atomic E-state index is 13.3. The standard InChI is InChI=1S/C23H28ClF3N4O/c1-29(2)12-13-31(16-17-4-3-5-19(14-17)23(25,26)27)22(32)18-8-10-30(11-9-18)21-7-6-20(24)15-28-21/h3-7,14-15,18H,8-13,16H2,1-2H3. The molecule has 1 aromatic carbocycles. The number of alkyl halides is 3. The van der Waals surface area contributed by atoms with E-state index in [1.807, 2.05) is 25.1 Å². The number of carbonyl (C=O) groups excluding carboxylic acids is 1. The Morgan fingerprint density at radius 1 is 1.16 bits per heavy atom. The van der Waals surface area contributed by atoms with Gasteiger partial charge in [-0.2, -0.15) is 13.2 Å². The summed E-state index contributed by atoms with van der Waals surface area (Å²) in [6.45, 7) is 2.64. The fourth-order valence-corrected chi connectivity index (χ4v) is 3.93. The molecule has 9 heteroatoms. The van der Waals surface area contributed by atoms with E-state index in [1.165, 1.54) is 6.07 Å². The average molecular weight is 469 g/mol. The van der Waals surface area contributed by atoms with Crippen LogP contribution in [0.5, 0.6) is 0 Å². The first-order chi connectivity index (χ1) is 15.1. The van der Waals surface area contributed by atoms with E-state index in [9.17, 15) is 18.0 Å². The van der Waals surface area contributed by atoms with Gasteiger partial charge in [0.2, 0.25) is 5.91 Å². The number of halogens is 4. The molecule has 0 spiro atoms. The molecule has 0 aliphatic carbocycles. The summed E-state index contributed by atoms with van der Waals surface area (Å²) in [4.78, 5) is 23.4. The second-order valence-electron chi connectivity index (χ2n) is 8.36. The lowest BCUT2D eigenvalue weighted by atomic mass is 9.95. The number of anilines is 1. The van der Waals surface area contributed by atoms with E-state index in [1.54, 1.807) is 23.2 Å². The third kappa shape index (κ3) is 6.59. The summed E-state index contributed by atoms with van der Waals surface area (Å²) < 4.78 is 39.3. The zero-order valence-electron chi connectivity index (χ0n) is 18.3. The molecule has 1 saturated heterocycles. The van der Waals surface area contributed by atoms with Gasteiger partial charge in [-0.15, -0.1) is 0 Å². The van der Waals surface area contributed by atoms with Crippen LogP contribution in [0.1, 0.15) is 24.0 Å². The van der Waals surface area contributed by atoms with Gasteiger partial charge in [-0.1, -0.05) is 23.7 Å². The number of amides is 1. The molecule has 0 unspecified atom stereocenters. The molecular formula is C23H28ClF3N4O. The highest BCUT2D eigenvalue weighted by atomic mass is 35.5. The zero-order valence-corrected chi connectivity index (χ0v) is 19.0. The molecule has 2 heterocycles. The molecule has 32 heavy (non-hydrogen) atoms. The summed E-state index contributed by atoms with van der Waals surface area (Å²) in [5.41, 5.74) is -0.214. The summed E-state index contributed by atoms with van der Waals surface area (Å²) in [6.07, 6.45) is -1.46. The Bertz CT molecular complexity index is 897. The quantitative estimate of drug-likeness (QED) is 0.597. The number of pyridine rings is 1. The Hall–Kier alpha value is -2.32. The minimum Gasteiger partial charge on any atom is -0.357 e. The molecule has 1 aromatic heterocycles. The Balaban J connectivity index is 1.67. The van der Waals surface area contributed by atoms with Gasteiger partial charge in [0.25, 0.3) is 0 Å². The minimum atomic E-state index is -4.41. The van der Waals surface area contributed by atoms with Gasteiger partial charge in [0, 0.05) is 44.8 Å². The SMILES string of the molecule is CN(C)CCN(Cc1cccc(C(F)(F)F)c1)C(=O)C1CCN(c2ccc(Cl)cn2)CC1. The van der Waals surface area contributed by atoms with E-state index < -0.39 is 11.7 Å². The first-order valence-corrected chi connectivity index (χ1v) is 11.0. The van der Waals surface area contributed by atoms with Crippen LogP contribution in [-0.4, -0.2) is 61.0 Å². The summed E-state index contributed by atoms with van der Waals surface area (Å²) >= 11 is 5.91. The van der Waals surface area contributed by atoms with Gasteiger partial charge in [0.1, 0.15) is 5.82 Å². The summed E-state index contributed by atoms with van der Waals surface area (Å²) in [7, 11) is 3.81. The van der Waals surface area contributed by atoms with Crippen LogP contribution in [0.2, 0.25) is 5.02 Å². The van der Waals surface area contributed by atoms with Gasteiger partial charge in [0.15, 0.2) is 0 Å². The molecule has 174 valence electrons. The predicted molar refractivity (Wildman–Crippen MR) is 120 cm³/mol. The van der Waals surface area contributed by atoms with E-state index in [-0.39, 0.29) is 18.4 Å². The maximum Gasteiger partial charge on any atom is 0.416 e. The second kappa shape index (κ2) is 10.5. The van der Waals surface area contributed by atoms with Gasteiger partial charge < -0.3 is 14.7 Å². The van der Waals surface area contributed by atoms with Crippen molar-refractivity contribution in [2.45, 2.75) is 25.6 Å². The number of aromatic nitrogens is 1. The van der Waals surface area contributed by atoms with Gasteiger partial charge >= 0.3 is 6.18 Å². The largest absolute Gasteiger partial charge is 0.416 e.